The van der Waals surface area contributed by atoms with Crippen LogP contribution in [0.5, 0.6) is 0 Å². The van der Waals surface area contributed by atoms with Gasteiger partial charge in [0.25, 0.3) is 0 Å². The Kier molecular flexibility index (Phi) is 6.01. The molecule has 0 aliphatic carbocycles. The predicted octanol–water partition coefficient (Wildman–Crippen LogP) is 5.22. The minimum atomic E-state index is -4.72. The first kappa shape index (κ1) is 19.9. The van der Waals surface area contributed by atoms with Gasteiger partial charge in [0.15, 0.2) is 17.5 Å². The van der Waals surface area contributed by atoms with Crippen molar-refractivity contribution in [2.24, 2.45) is 0 Å². The topological polar surface area (TPSA) is 41.1 Å². The quantitative estimate of drug-likeness (QED) is 0.537. The minimum Gasteiger partial charge on any atom is -0.382 e. The average Bonchev–Trinajstić information content (AvgIpc) is 2.55. The van der Waals surface area contributed by atoms with E-state index in [1.54, 1.807) is 0 Å². The first-order valence-electron chi connectivity index (χ1n) is 7.13. The van der Waals surface area contributed by atoms with Gasteiger partial charge >= 0.3 is 6.18 Å². The molecule has 3 nitrogen and oxygen atoms in total. The van der Waals surface area contributed by atoms with E-state index in [-0.39, 0.29) is 23.7 Å². The molecule has 0 saturated heterocycles. The standard InChI is InChI=1S/C16H11ClF6N2O/c17-8-1-3-11(9(7-8)16(21,22)23)25-13(26)5-6-24-12-4-2-10(18)14(19)15(12)20/h1-4,7,24H,5-6H2,(H,25,26). The van der Waals surface area contributed by atoms with E-state index in [0.717, 1.165) is 12.1 Å². The average molecular weight is 397 g/mol. The molecule has 0 fully saturated rings. The monoisotopic (exact) mass is 396 g/mol. The van der Waals surface area contributed by atoms with E-state index >= 15 is 0 Å². The Bertz CT molecular complexity index is 825. The smallest absolute Gasteiger partial charge is 0.382 e. The van der Waals surface area contributed by atoms with Crippen molar-refractivity contribution in [1.82, 2.24) is 0 Å². The van der Waals surface area contributed by atoms with Gasteiger partial charge in [-0.15, -0.1) is 0 Å². The van der Waals surface area contributed by atoms with Gasteiger partial charge in [-0.1, -0.05) is 11.6 Å². The molecule has 2 N–H and O–H groups in total. The molecule has 0 saturated carbocycles. The summed E-state index contributed by atoms with van der Waals surface area (Å²) in [6.07, 6.45) is -5.07. The Morgan fingerprint density at radius 2 is 1.65 bits per heavy atom. The highest BCUT2D eigenvalue weighted by Gasteiger charge is 2.34. The Balaban J connectivity index is 1.99. The van der Waals surface area contributed by atoms with E-state index < -0.39 is 40.8 Å². The zero-order valence-electron chi connectivity index (χ0n) is 12.9. The zero-order chi connectivity index (χ0) is 19.5. The summed E-state index contributed by atoms with van der Waals surface area (Å²) in [5.41, 5.74) is -1.97. The van der Waals surface area contributed by atoms with Gasteiger partial charge in [0.1, 0.15) is 0 Å². The van der Waals surface area contributed by atoms with E-state index in [4.69, 9.17) is 11.6 Å². The molecule has 2 aromatic rings. The molecule has 140 valence electrons. The number of carbonyl (C=O) groups excluding carboxylic acids is 1. The third-order valence-corrected chi connectivity index (χ3v) is 3.50. The fourth-order valence-electron chi connectivity index (χ4n) is 2.05. The van der Waals surface area contributed by atoms with Crippen LogP contribution in [0.1, 0.15) is 12.0 Å². The highest BCUT2D eigenvalue weighted by Crippen LogP contribution is 2.36. The van der Waals surface area contributed by atoms with E-state index in [0.29, 0.717) is 12.1 Å². The SMILES string of the molecule is O=C(CCNc1ccc(F)c(F)c1F)Nc1ccc(Cl)cc1C(F)(F)F. The van der Waals surface area contributed by atoms with E-state index in [1.807, 2.05) is 0 Å². The molecule has 0 heterocycles. The van der Waals surface area contributed by atoms with Crippen LogP contribution in [0.2, 0.25) is 5.02 Å². The number of halogens is 7. The number of carbonyl (C=O) groups is 1. The van der Waals surface area contributed by atoms with Crippen LogP contribution in [0.4, 0.5) is 37.7 Å². The summed E-state index contributed by atoms with van der Waals surface area (Å²) in [6, 6.07) is 4.50. The van der Waals surface area contributed by atoms with Crippen molar-refractivity contribution in [3.05, 3.63) is 58.4 Å². The fraction of sp³-hybridized carbons (Fsp3) is 0.188. The largest absolute Gasteiger partial charge is 0.418 e. The summed E-state index contributed by atoms with van der Waals surface area (Å²) in [5.74, 6) is -5.29. The Morgan fingerprint density at radius 3 is 2.31 bits per heavy atom. The minimum absolute atomic E-state index is 0.147. The van der Waals surface area contributed by atoms with Crippen molar-refractivity contribution in [2.75, 3.05) is 17.2 Å². The van der Waals surface area contributed by atoms with Crippen molar-refractivity contribution in [2.45, 2.75) is 12.6 Å². The van der Waals surface area contributed by atoms with Crippen LogP contribution in [0, 0.1) is 17.5 Å². The first-order valence-corrected chi connectivity index (χ1v) is 7.51. The molecule has 0 unspecified atom stereocenters. The normalized spacial score (nSPS) is 11.3. The highest BCUT2D eigenvalue weighted by molar-refractivity contribution is 6.30. The number of benzene rings is 2. The van der Waals surface area contributed by atoms with E-state index in [9.17, 15) is 31.1 Å². The first-order chi connectivity index (χ1) is 12.1. The predicted molar refractivity (Wildman–Crippen MR) is 84.5 cm³/mol. The number of rotatable bonds is 5. The third-order valence-electron chi connectivity index (χ3n) is 3.26. The Morgan fingerprint density at radius 1 is 1.00 bits per heavy atom. The van der Waals surface area contributed by atoms with Gasteiger partial charge in [0.2, 0.25) is 5.91 Å². The van der Waals surface area contributed by atoms with Crippen LogP contribution >= 0.6 is 11.6 Å². The zero-order valence-corrected chi connectivity index (χ0v) is 13.6. The number of nitrogens with one attached hydrogen (secondary N) is 2. The van der Waals surface area contributed by atoms with Gasteiger partial charge in [-0.3, -0.25) is 4.79 Å². The molecule has 0 atom stereocenters. The van der Waals surface area contributed by atoms with Gasteiger partial charge < -0.3 is 10.6 Å². The molecule has 0 aromatic heterocycles. The van der Waals surface area contributed by atoms with Crippen molar-refractivity contribution in [3.8, 4) is 0 Å². The maximum Gasteiger partial charge on any atom is 0.418 e. The lowest BCUT2D eigenvalue weighted by Gasteiger charge is -2.14. The van der Waals surface area contributed by atoms with Crippen molar-refractivity contribution >= 4 is 28.9 Å². The number of hydrogen-bond donors (Lipinski definition) is 2. The molecule has 0 aliphatic heterocycles. The summed E-state index contributed by atoms with van der Waals surface area (Å²) in [5, 5.41) is 4.30. The van der Waals surface area contributed by atoms with Crippen LogP contribution in [0.3, 0.4) is 0 Å². The Hall–Kier alpha value is -2.42. The molecular formula is C16H11ClF6N2O. The maximum atomic E-state index is 13.4. The van der Waals surface area contributed by atoms with Gasteiger partial charge in [-0.25, -0.2) is 13.2 Å². The van der Waals surface area contributed by atoms with Gasteiger partial charge in [0, 0.05) is 18.0 Å². The van der Waals surface area contributed by atoms with Crippen LogP contribution in [0.15, 0.2) is 30.3 Å². The summed E-state index contributed by atoms with van der Waals surface area (Å²) in [7, 11) is 0. The van der Waals surface area contributed by atoms with Gasteiger partial charge in [-0.2, -0.15) is 13.2 Å². The molecular weight excluding hydrogens is 386 g/mol. The van der Waals surface area contributed by atoms with Crippen molar-refractivity contribution in [3.63, 3.8) is 0 Å². The Labute approximate surface area is 149 Å². The fourth-order valence-corrected chi connectivity index (χ4v) is 2.22. The lowest BCUT2D eigenvalue weighted by molar-refractivity contribution is -0.137. The number of hydrogen-bond acceptors (Lipinski definition) is 2. The molecule has 0 aliphatic rings. The van der Waals surface area contributed by atoms with Crippen LogP contribution < -0.4 is 10.6 Å². The summed E-state index contributed by atoms with van der Waals surface area (Å²) in [6.45, 7) is -0.219. The molecule has 26 heavy (non-hydrogen) atoms. The summed E-state index contributed by atoms with van der Waals surface area (Å²) < 4.78 is 78.1. The third kappa shape index (κ3) is 4.81. The number of anilines is 2. The lowest BCUT2D eigenvalue weighted by Crippen LogP contribution is -2.19. The summed E-state index contributed by atoms with van der Waals surface area (Å²) in [4.78, 5) is 11.8. The molecule has 2 aromatic carbocycles. The van der Waals surface area contributed by atoms with Gasteiger partial charge in [0.05, 0.1) is 16.9 Å². The van der Waals surface area contributed by atoms with Gasteiger partial charge in [-0.05, 0) is 30.3 Å². The maximum absolute atomic E-state index is 13.4. The molecule has 2 rings (SSSR count). The molecule has 0 radical (unpaired) electrons. The second kappa shape index (κ2) is 7.86. The number of alkyl halides is 3. The molecule has 0 bridgehead atoms. The molecule has 0 spiro atoms. The van der Waals surface area contributed by atoms with Crippen molar-refractivity contribution < 1.29 is 31.1 Å². The van der Waals surface area contributed by atoms with Crippen LogP contribution in [-0.2, 0) is 11.0 Å². The second-order valence-electron chi connectivity index (χ2n) is 5.14. The number of amides is 1. The molecule has 1 amide bonds. The van der Waals surface area contributed by atoms with Crippen LogP contribution in [-0.4, -0.2) is 12.5 Å². The highest BCUT2D eigenvalue weighted by atomic mass is 35.5. The molecule has 10 heteroatoms. The van der Waals surface area contributed by atoms with E-state index in [1.165, 1.54) is 6.07 Å². The second-order valence-corrected chi connectivity index (χ2v) is 5.57. The van der Waals surface area contributed by atoms with Crippen LogP contribution in [0.25, 0.3) is 0 Å². The van der Waals surface area contributed by atoms with E-state index in [2.05, 4.69) is 10.6 Å². The lowest BCUT2D eigenvalue weighted by atomic mass is 10.1. The van der Waals surface area contributed by atoms with Crippen molar-refractivity contribution in [1.29, 1.82) is 0 Å². The summed E-state index contributed by atoms with van der Waals surface area (Å²) >= 11 is 5.53.